The van der Waals surface area contributed by atoms with Gasteiger partial charge in [0.2, 0.25) is 5.88 Å². The molecule has 4 atom stereocenters. The van der Waals surface area contributed by atoms with Gasteiger partial charge in [0.15, 0.2) is 18.4 Å². The number of rotatable bonds is 8. The minimum absolute atomic E-state index is 0.0650. The van der Waals surface area contributed by atoms with E-state index < -0.39 is 48.6 Å². The molecule has 310 valence electrons. The summed E-state index contributed by atoms with van der Waals surface area (Å²) in [6, 6.07) is 5.43. The average Bonchev–Trinajstić information content (AvgIpc) is 3.38. The molecule has 1 unspecified atom stereocenters. The molecular weight excluding hydrogens is 781 g/mol. The number of amides is 1. The predicted octanol–water partition coefficient (Wildman–Crippen LogP) is 8.76. The predicted molar refractivity (Wildman–Crippen MR) is 224 cm³/mol. The van der Waals surface area contributed by atoms with Crippen LogP contribution in [0, 0.1) is 23.1 Å². The molecule has 2 saturated heterocycles. The molecule has 7 rings (SSSR count). The summed E-state index contributed by atoms with van der Waals surface area (Å²) < 4.78 is 70.5. The number of halogens is 2. The summed E-state index contributed by atoms with van der Waals surface area (Å²) in [5.41, 5.74) is 3.88. The molecule has 0 radical (unpaired) electrons. The minimum atomic E-state index is -2.34. The van der Waals surface area contributed by atoms with Crippen LogP contribution >= 0.6 is 0 Å². The van der Waals surface area contributed by atoms with Crippen LogP contribution in [0.3, 0.4) is 0 Å². The molecular formula is C43H53F2N5O6SSi. The fourth-order valence-corrected chi connectivity index (χ4v) is 15.1. The molecule has 0 saturated carbocycles. The molecule has 5 heterocycles. The van der Waals surface area contributed by atoms with Gasteiger partial charge in [-0.1, -0.05) is 53.5 Å². The maximum Gasteiger partial charge on any atom is 0.410 e. The normalized spacial score (nSPS) is 19.6. The molecule has 0 N–H and O–H groups in total. The molecule has 0 spiro atoms. The number of nitrogens with zero attached hydrogens (tertiary/aromatic N) is 5. The van der Waals surface area contributed by atoms with E-state index in [2.05, 4.69) is 58.0 Å². The number of ether oxygens (including phenoxy) is 4. The number of aromatic nitrogens is 3. The van der Waals surface area contributed by atoms with Crippen molar-refractivity contribution in [1.29, 1.82) is 0 Å². The molecule has 2 aromatic heterocycles. The SMILES string of the molecule is COCOc1cc(-c2nc3c4c(nc([S+](C)[O-])nc4c2F)N2C[C@H]4CC[C@@H]([C@H]2CO3)N4C(=O)OC(C)(C)C)c2c(C#C[Si](C(C)C)(C(C)C)C(C)C)c(F)ccc2c1. The molecule has 3 aliphatic rings. The van der Waals surface area contributed by atoms with Crippen LogP contribution in [0.5, 0.6) is 11.6 Å². The lowest BCUT2D eigenvalue weighted by atomic mass is 9.95. The molecule has 1 amide bonds. The molecule has 4 aromatic rings. The van der Waals surface area contributed by atoms with Crippen molar-refractivity contribution < 1.29 is 37.1 Å². The van der Waals surface area contributed by atoms with E-state index in [0.29, 0.717) is 51.9 Å². The van der Waals surface area contributed by atoms with E-state index in [4.69, 9.17) is 28.9 Å². The quantitative estimate of drug-likeness (QED) is 0.0560. The highest BCUT2D eigenvalue weighted by Crippen LogP contribution is 2.47. The van der Waals surface area contributed by atoms with Gasteiger partial charge in [-0.2, -0.15) is 9.97 Å². The summed E-state index contributed by atoms with van der Waals surface area (Å²) in [4.78, 5) is 31.5. The summed E-state index contributed by atoms with van der Waals surface area (Å²) in [5, 5.41) is 1.08. The number of carbonyl (C=O) groups excluding carboxylic acids is 1. The van der Waals surface area contributed by atoms with E-state index in [1.54, 1.807) is 23.1 Å². The zero-order valence-electron chi connectivity index (χ0n) is 35.2. The van der Waals surface area contributed by atoms with Crippen LogP contribution in [-0.2, 0) is 20.6 Å². The maximum atomic E-state index is 17.6. The van der Waals surface area contributed by atoms with Crippen LogP contribution in [-0.4, -0.2) is 95.6 Å². The monoisotopic (exact) mass is 833 g/mol. The molecule has 58 heavy (non-hydrogen) atoms. The topological polar surface area (TPSA) is 122 Å². The largest absolute Gasteiger partial charge is 0.609 e. The van der Waals surface area contributed by atoms with Crippen LogP contribution in [0.15, 0.2) is 29.4 Å². The molecule has 2 aromatic carbocycles. The Balaban J connectivity index is 1.47. The first-order valence-corrected chi connectivity index (χ1v) is 23.7. The van der Waals surface area contributed by atoms with Gasteiger partial charge >= 0.3 is 11.2 Å². The van der Waals surface area contributed by atoms with Crippen molar-refractivity contribution in [2.75, 3.05) is 38.2 Å². The van der Waals surface area contributed by atoms with E-state index in [1.807, 2.05) is 25.7 Å². The Kier molecular flexibility index (Phi) is 11.4. The van der Waals surface area contributed by atoms with E-state index in [-0.39, 0.29) is 64.2 Å². The Bertz CT molecular complexity index is 2300. The smallest absolute Gasteiger partial charge is 0.410 e. The second kappa shape index (κ2) is 15.7. The first kappa shape index (κ1) is 41.9. The van der Waals surface area contributed by atoms with Crippen molar-refractivity contribution in [2.24, 2.45) is 0 Å². The summed E-state index contributed by atoms with van der Waals surface area (Å²) in [5.74, 6) is 2.68. The molecule has 3 aliphatic heterocycles. The van der Waals surface area contributed by atoms with Gasteiger partial charge < -0.3 is 28.4 Å². The third kappa shape index (κ3) is 7.24. The zero-order valence-corrected chi connectivity index (χ0v) is 37.0. The number of piperazine rings is 1. The van der Waals surface area contributed by atoms with Gasteiger partial charge in [-0.15, -0.1) is 5.54 Å². The van der Waals surface area contributed by atoms with Crippen molar-refractivity contribution in [3.05, 3.63) is 41.5 Å². The highest BCUT2D eigenvalue weighted by atomic mass is 32.2. The second-order valence-electron chi connectivity index (χ2n) is 17.5. The van der Waals surface area contributed by atoms with E-state index >= 15 is 8.78 Å². The summed E-state index contributed by atoms with van der Waals surface area (Å²) in [6.07, 6.45) is 2.47. The Morgan fingerprint density at radius 2 is 1.74 bits per heavy atom. The number of benzene rings is 2. The van der Waals surface area contributed by atoms with Crippen molar-refractivity contribution in [3.63, 3.8) is 0 Å². The Morgan fingerprint density at radius 1 is 1.03 bits per heavy atom. The third-order valence-electron chi connectivity index (χ3n) is 11.9. The Hall–Kier alpha value is -4.23. The van der Waals surface area contributed by atoms with Crippen molar-refractivity contribution in [3.8, 4) is 34.4 Å². The fraction of sp³-hybridized carbons (Fsp3) is 0.535. The second-order valence-corrected chi connectivity index (χ2v) is 24.3. The van der Waals surface area contributed by atoms with E-state index in [0.717, 1.165) is 6.42 Å². The zero-order chi connectivity index (χ0) is 42.0. The average molecular weight is 834 g/mol. The molecule has 11 nitrogen and oxygen atoms in total. The van der Waals surface area contributed by atoms with E-state index in [9.17, 15) is 9.35 Å². The van der Waals surface area contributed by atoms with Gasteiger partial charge in [-0.25, -0.2) is 18.6 Å². The van der Waals surface area contributed by atoms with Gasteiger partial charge in [0.05, 0.1) is 23.7 Å². The van der Waals surface area contributed by atoms with Crippen LogP contribution in [0.25, 0.3) is 32.9 Å². The minimum Gasteiger partial charge on any atom is -0.609 e. The summed E-state index contributed by atoms with van der Waals surface area (Å²) in [6.45, 7) is 19.0. The highest BCUT2D eigenvalue weighted by molar-refractivity contribution is 7.90. The lowest BCUT2D eigenvalue weighted by Crippen LogP contribution is -2.63. The number of methoxy groups -OCH3 is 1. The van der Waals surface area contributed by atoms with Crippen molar-refractivity contribution in [2.45, 2.75) is 121 Å². The Morgan fingerprint density at radius 3 is 2.38 bits per heavy atom. The van der Waals surface area contributed by atoms with Gasteiger partial charge in [0, 0.05) is 35.8 Å². The van der Waals surface area contributed by atoms with Crippen molar-refractivity contribution >= 4 is 52.8 Å². The van der Waals surface area contributed by atoms with Crippen LogP contribution in [0.2, 0.25) is 16.6 Å². The summed E-state index contributed by atoms with van der Waals surface area (Å²) >= 11 is -1.70. The lowest BCUT2D eigenvalue weighted by molar-refractivity contribution is 0.00538. The molecule has 15 heteroatoms. The van der Waals surface area contributed by atoms with Gasteiger partial charge in [0.25, 0.3) is 0 Å². The van der Waals surface area contributed by atoms with Gasteiger partial charge in [-0.05, 0) is 73.8 Å². The first-order chi connectivity index (χ1) is 27.4. The molecule has 0 aliphatic carbocycles. The molecule has 2 bridgehead atoms. The summed E-state index contributed by atoms with van der Waals surface area (Å²) in [7, 11) is -0.842. The number of hydrogen-bond acceptors (Lipinski definition) is 10. The van der Waals surface area contributed by atoms with Crippen LogP contribution < -0.4 is 14.4 Å². The lowest BCUT2D eigenvalue weighted by Gasteiger charge is -2.46. The van der Waals surface area contributed by atoms with Gasteiger partial charge in [0.1, 0.15) is 54.7 Å². The standard InChI is InChI=1S/C43H53F2N5O6SSi/c1-23(2)58(24(3)4,25(5)6)17-16-29-31(44)14-12-26-18-28(55-22-53-10)19-30(34(26)29)37-36(45)38-35-39(48-41(47-38)57(11)52)49-20-27-13-15-32(33(49)21-54-40(35)46-37)50(27)42(51)56-43(7,8)9/h12,14,18-19,23-25,27,32-33H,13,15,20-22H2,1-11H3/t27-,32+,33-,57?/m1/s1. The van der Waals surface area contributed by atoms with Crippen LogP contribution in [0.1, 0.15) is 80.7 Å². The van der Waals surface area contributed by atoms with Crippen molar-refractivity contribution in [1.82, 2.24) is 19.9 Å². The number of fused-ring (bicyclic) bond motifs is 6. The Labute approximate surface area is 343 Å². The maximum absolute atomic E-state index is 17.6. The first-order valence-electron chi connectivity index (χ1n) is 19.9. The fourth-order valence-electron chi connectivity index (χ4n) is 9.51. The van der Waals surface area contributed by atoms with E-state index in [1.165, 1.54) is 19.4 Å². The highest BCUT2D eigenvalue weighted by Gasteiger charge is 2.52. The number of pyridine rings is 1. The number of carbonyl (C=O) groups is 1. The number of hydrogen-bond donors (Lipinski definition) is 0. The van der Waals surface area contributed by atoms with Gasteiger partial charge in [-0.3, -0.25) is 4.90 Å². The van der Waals surface area contributed by atoms with Crippen LogP contribution in [0.4, 0.5) is 19.4 Å². The molecule has 2 fully saturated rings. The third-order valence-corrected chi connectivity index (χ3v) is 18.9. The number of anilines is 1.